The van der Waals surface area contributed by atoms with Crippen LogP contribution in [0.3, 0.4) is 0 Å². The molecule has 0 unspecified atom stereocenters. The van der Waals surface area contributed by atoms with Crippen molar-refractivity contribution >= 4 is 28.3 Å². The van der Waals surface area contributed by atoms with E-state index in [2.05, 4.69) is 10.3 Å². The number of thiazole rings is 1. The number of hydrogen-bond donors (Lipinski definition) is 4. The summed E-state index contributed by atoms with van der Waals surface area (Å²) in [6.45, 7) is -0.151. The summed E-state index contributed by atoms with van der Waals surface area (Å²) in [5.41, 5.74) is 10.0. The maximum Gasteiger partial charge on any atom is 0.322 e. The number of carboxylic acid groups (broad SMARTS) is 1. The first-order valence-electron chi connectivity index (χ1n) is 7.49. The third-order valence-electron chi connectivity index (χ3n) is 3.60. The fourth-order valence-corrected chi connectivity index (χ4v) is 3.03. The lowest BCUT2D eigenvalue weighted by Crippen LogP contribution is -2.11. The second-order valence-corrected chi connectivity index (χ2v) is 6.21. The molecule has 0 aliphatic carbocycles. The third kappa shape index (κ3) is 4.02. The lowest BCUT2D eigenvalue weighted by Gasteiger charge is -2.05. The van der Waals surface area contributed by atoms with E-state index in [-0.39, 0.29) is 12.4 Å². The second-order valence-electron chi connectivity index (χ2n) is 5.35. The lowest BCUT2D eigenvalue weighted by atomic mass is 10.0. The summed E-state index contributed by atoms with van der Waals surface area (Å²) < 4.78 is 0. The van der Waals surface area contributed by atoms with E-state index in [1.807, 2.05) is 53.9 Å². The number of benzene rings is 2. The van der Waals surface area contributed by atoms with E-state index in [0.29, 0.717) is 10.7 Å². The SMILES string of the molecule is N=C(N)c1ccc(-c2ccc(-c3csc(NCC(=O)O)n3)cc2)cc1. The number of nitrogens with one attached hydrogen (secondary N) is 2. The summed E-state index contributed by atoms with van der Waals surface area (Å²) in [5, 5.41) is 21.3. The number of rotatable bonds is 6. The monoisotopic (exact) mass is 352 g/mol. The van der Waals surface area contributed by atoms with E-state index in [9.17, 15) is 4.79 Å². The predicted octanol–water partition coefficient (Wildman–Crippen LogP) is 3.26. The van der Waals surface area contributed by atoms with Gasteiger partial charge < -0.3 is 16.2 Å². The Hall–Kier alpha value is -3.19. The summed E-state index contributed by atoms with van der Waals surface area (Å²) in [4.78, 5) is 15.0. The van der Waals surface area contributed by atoms with Crippen molar-refractivity contribution in [3.05, 3.63) is 59.5 Å². The number of anilines is 1. The Morgan fingerprint density at radius 2 is 1.64 bits per heavy atom. The highest BCUT2D eigenvalue weighted by Crippen LogP contribution is 2.27. The maximum absolute atomic E-state index is 10.6. The molecule has 6 nitrogen and oxygen atoms in total. The number of nitrogen functional groups attached to an aromatic ring is 1. The predicted molar refractivity (Wildman–Crippen MR) is 100 cm³/mol. The van der Waals surface area contributed by atoms with Gasteiger partial charge in [0, 0.05) is 16.5 Å². The molecule has 0 atom stereocenters. The summed E-state index contributed by atoms with van der Waals surface area (Å²) in [7, 11) is 0. The molecule has 1 heterocycles. The lowest BCUT2D eigenvalue weighted by molar-refractivity contribution is -0.134. The van der Waals surface area contributed by atoms with Crippen molar-refractivity contribution in [1.82, 2.24) is 4.98 Å². The number of amidine groups is 1. The number of carbonyl (C=O) groups is 1. The molecule has 126 valence electrons. The van der Waals surface area contributed by atoms with Crippen LogP contribution in [0, 0.1) is 5.41 Å². The van der Waals surface area contributed by atoms with E-state index in [1.165, 1.54) is 11.3 Å². The number of aromatic nitrogens is 1. The maximum atomic E-state index is 10.6. The van der Waals surface area contributed by atoms with Gasteiger partial charge in [0.15, 0.2) is 5.13 Å². The smallest absolute Gasteiger partial charge is 0.322 e. The van der Waals surface area contributed by atoms with Gasteiger partial charge in [-0.1, -0.05) is 48.5 Å². The van der Waals surface area contributed by atoms with Gasteiger partial charge in [-0.25, -0.2) is 4.98 Å². The molecule has 1 aromatic heterocycles. The van der Waals surface area contributed by atoms with Gasteiger partial charge in [-0.05, 0) is 11.1 Å². The zero-order valence-corrected chi connectivity index (χ0v) is 14.0. The van der Waals surface area contributed by atoms with Gasteiger partial charge in [-0.15, -0.1) is 11.3 Å². The number of carboxylic acids is 1. The summed E-state index contributed by atoms with van der Waals surface area (Å²) >= 11 is 1.37. The van der Waals surface area contributed by atoms with Gasteiger partial charge in [-0.2, -0.15) is 0 Å². The Morgan fingerprint density at radius 1 is 1.08 bits per heavy atom. The van der Waals surface area contributed by atoms with Gasteiger partial charge >= 0.3 is 5.97 Å². The van der Waals surface area contributed by atoms with Gasteiger partial charge in [0.2, 0.25) is 0 Å². The highest BCUT2D eigenvalue weighted by atomic mass is 32.1. The van der Waals surface area contributed by atoms with Crippen LogP contribution in [-0.2, 0) is 4.79 Å². The molecule has 3 aromatic rings. The largest absolute Gasteiger partial charge is 0.480 e. The van der Waals surface area contributed by atoms with Crippen LogP contribution in [0.2, 0.25) is 0 Å². The van der Waals surface area contributed by atoms with Crippen molar-refractivity contribution in [2.75, 3.05) is 11.9 Å². The Kier molecular flexibility index (Phi) is 4.76. The first-order chi connectivity index (χ1) is 12.0. The van der Waals surface area contributed by atoms with Crippen LogP contribution >= 0.6 is 11.3 Å². The molecular weight excluding hydrogens is 336 g/mol. The minimum Gasteiger partial charge on any atom is -0.480 e. The van der Waals surface area contributed by atoms with Crippen LogP contribution in [0.25, 0.3) is 22.4 Å². The molecule has 0 amide bonds. The number of aliphatic carboxylic acids is 1. The molecule has 0 aliphatic heterocycles. The van der Waals surface area contributed by atoms with Gasteiger partial charge in [0.1, 0.15) is 12.4 Å². The fraction of sp³-hybridized carbons (Fsp3) is 0.0556. The Labute approximate surface area is 148 Å². The van der Waals surface area contributed by atoms with Crippen molar-refractivity contribution in [2.45, 2.75) is 0 Å². The third-order valence-corrected chi connectivity index (χ3v) is 4.40. The van der Waals surface area contributed by atoms with Gasteiger partial charge in [0.25, 0.3) is 0 Å². The molecule has 2 aromatic carbocycles. The first kappa shape index (κ1) is 16.7. The molecule has 7 heteroatoms. The van der Waals surface area contributed by atoms with Crippen LogP contribution in [0.1, 0.15) is 5.56 Å². The second kappa shape index (κ2) is 7.14. The zero-order chi connectivity index (χ0) is 17.8. The van der Waals surface area contributed by atoms with Gasteiger partial charge in [-0.3, -0.25) is 10.2 Å². The van der Waals surface area contributed by atoms with E-state index in [0.717, 1.165) is 22.4 Å². The summed E-state index contributed by atoms with van der Waals surface area (Å²) in [6, 6.07) is 15.5. The minimum absolute atomic E-state index is 0.0535. The molecule has 0 aliphatic rings. The highest BCUT2D eigenvalue weighted by molar-refractivity contribution is 7.14. The number of nitrogens with two attached hydrogens (primary N) is 1. The van der Waals surface area contributed by atoms with Crippen molar-refractivity contribution < 1.29 is 9.90 Å². The van der Waals surface area contributed by atoms with Crippen LogP contribution in [0.15, 0.2) is 53.9 Å². The van der Waals surface area contributed by atoms with Crippen molar-refractivity contribution in [3.8, 4) is 22.4 Å². The van der Waals surface area contributed by atoms with E-state index < -0.39 is 5.97 Å². The van der Waals surface area contributed by atoms with Crippen molar-refractivity contribution in [1.29, 1.82) is 5.41 Å². The van der Waals surface area contributed by atoms with Crippen molar-refractivity contribution in [3.63, 3.8) is 0 Å². The molecule has 0 fully saturated rings. The van der Waals surface area contributed by atoms with Gasteiger partial charge in [0.05, 0.1) is 5.69 Å². The zero-order valence-electron chi connectivity index (χ0n) is 13.2. The van der Waals surface area contributed by atoms with E-state index >= 15 is 0 Å². The Balaban J connectivity index is 1.76. The molecular formula is C18H16N4O2S. The van der Waals surface area contributed by atoms with E-state index in [4.69, 9.17) is 16.2 Å². The Bertz CT molecular complexity index is 902. The quantitative estimate of drug-likeness (QED) is 0.402. The van der Waals surface area contributed by atoms with Crippen molar-refractivity contribution in [2.24, 2.45) is 5.73 Å². The first-order valence-corrected chi connectivity index (χ1v) is 8.37. The van der Waals surface area contributed by atoms with E-state index in [1.54, 1.807) is 0 Å². The fourth-order valence-electron chi connectivity index (χ4n) is 2.31. The van der Waals surface area contributed by atoms with Crippen LogP contribution < -0.4 is 11.1 Å². The summed E-state index contributed by atoms with van der Waals surface area (Å²) in [6.07, 6.45) is 0. The average Bonchev–Trinajstić information content (AvgIpc) is 3.09. The minimum atomic E-state index is -0.920. The number of nitrogens with zero attached hydrogens (tertiary/aromatic N) is 1. The normalized spacial score (nSPS) is 10.4. The molecule has 0 saturated carbocycles. The molecule has 0 spiro atoms. The molecule has 0 saturated heterocycles. The highest BCUT2D eigenvalue weighted by Gasteiger charge is 2.06. The topological polar surface area (TPSA) is 112 Å². The molecule has 0 radical (unpaired) electrons. The molecule has 25 heavy (non-hydrogen) atoms. The summed E-state index contributed by atoms with van der Waals surface area (Å²) in [5.74, 6) is -0.866. The molecule has 5 N–H and O–H groups in total. The van der Waals surface area contributed by atoms with Crippen LogP contribution in [0.5, 0.6) is 0 Å². The average molecular weight is 352 g/mol. The number of hydrogen-bond acceptors (Lipinski definition) is 5. The standard InChI is InChI=1S/C18H16N4O2S/c19-17(20)14-7-3-12(4-8-14)11-1-5-13(6-2-11)15-10-25-18(22-15)21-9-16(23)24/h1-8,10H,9H2,(H3,19,20)(H,21,22)(H,23,24). The van der Waals surface area contributed by atoms with Crippen LogP contribution in [0.4, 0.5) is 5.13 Å². The molecule has 0 bridgehead atoms. The Morgan fingerprint density at radius 3 is 2.20 bits per heavy atom. The van der Waals surface area contributed by atoms with Crippen LogP contribution in [-0.4, -0.2) is 28.4 Å². The molecule has 3 rings (SSSR count).